The van der Waals surface area contributed by atoms with Crippen molar-refractivity contribution in [3.05, 3.63) is 71.1 Å². The number of carbonyl (C=O) groups excluding carboxylic acids is 2. The highest BCUT2D eigenvalue weighted by Gasteiger charge is 2.25. The van der Waals surface area contributed by atoms with Crippen LogP contribution in [0.5, 0.6) is 0 Å². The molecule has 2 amide bonds. The van der Waals surface area contributed by atoms with E-state index in [1.807, 2.05) is 12.1 Å². The van der Waals surface area contributed by atoms with Crippen LogP contribution in [0.25, 0.3) is 11.1 Å². The summed E-state index contributed by atoms with van der Waals surface area (Å²) in [7, 11) is 0. The third kappa shape index (κ3) is 4.07. The van der Waals surface area contributed by atoms with E-state index in [0.717, 1.165) is 11.3 Å². The topological polar surface area (TPSA) is 106 Å². The lowest BCUT2D eigenvalue weighted by molar-refractivity contribution is -0.115. The van der Waals surface area contributed by atoms with Gasteiger partial charge in [-0.3, -0.25) is 9.59 Å². The molecule has 0 radical (unpaired) electrons. The molecule has 0 saturated heterocycles. The maximum Gasteiger partial charge on any atom is 0.266 e. The molecule has 0 atom stereocenters. The molecule has 1 heterocycles. The predicted molar refractivity (Wildman–Crippen MR) is 108 cm³/mol. The number of nitrogens with zero attached hydrogens (tertiary/aromatic N) is 2. The van der Waals surface area contributed by atoms with Gasteiger partial charge >= 0.3 is 0 Å². The number of amides is 2. The maximum absolute atomic E-state index is 12.9. The van der Waals surface area contributed by atoms with Crippen molar-refractivity contribution in [1.82, 2.24) is 0 Å². The number of para-hydroxylation sites is 1. The minimum Gasteiger partial charge on any atom is -0.321 e. The number of hydrogen-bond donors (Lipinski definition) is 2. The molecule has 0 fully saturated rings. The van der Waals surface area contributed by atoms with E-state index in [4.69, 9.17) is 5.26 Å². The highest BCUT2D eigenvalue weighted by Crippen LogP contribution is 2.40. The lowest BCUT2D eigenvalue weighted by Crippen LogP contribution is -2.11. The van der Waals surface area contributed by atoms with Crippen molar-refractivity contribution in [2.24, 2.45) is 0 Å². The Morgan fingerprint density at radius 2 is 1.57 bits per heavy atom. The molecular weight excluding hydrogens is 372 g/mol. The smallest absolute Gasteiger partial charge is 0.266 e. The molecule has 0 aliphatic heterocycles. The Kier molecular flexibility index (Phi) is 5.81. The zero-order valence-electron chi connectivity index (χ0n) is 14.6. The molecule has 0 unspecified atom stereocenters. The lowest BCUT2D eigenvalue weighted by atomic mass is 10.0. The highest BCUT2D eigenvalue weighted by molar-refractivity contribution is 7.19. The van der Waals surface area contributed by atoms with Gasteiger partial charge < -0.3 is 10.6 Å². The molecule has 0 bridgehead atoms. The zero-order valence-corrected chi connectivity index (χ0v) is 15.4. The molecule has 3 rings (SSSR count). The van der Waals surface area contributed by atoms with Crippen molar-refractivity contribution in [2.45, 2.75) is 6.42 Å². The number of thiophene rings is 1. The normalized spacial score (nSPS) is 9.79. The fourth-order valence-electron chi connectivity index (χ4n) is 2.62. The molecule has 6 nitrogen and oxygen atoms in total. The minimum atomic E-state index is -0.533. The Hall–Kier alpha value is -3.94. The molecule has 7 heteroatoms. The molecule has 3 aromatic rings. The van der Waals surface area contributed by atoms with Crippen LogP contribution in [0.15, 0.2) is 60.7 Å². The Morgan fingerprint density at radius 3 is 2.18 bits per heavy atom. The molecule has 0 aliphatic rings. The van der Waals surface area contributed by atoms with Gasteiger partial charge in [0.1, 0.15) is 22.4 Å². The van der Waals surface area contributed by atoms with E-state index in [2.05, 4.69) is 16.7 Å². The summed E-state index contributed by atoms with van der Waals surface area (Å²) in [6.45, 7) is 0. The third-order valence-electron chi connectivity index (χ3n) is 3.81. The molecule has 0 spiro atoms. The minimum absolute atomic E-state index is 0.195. The number of nitrogens with one attached hydrogen (secondary N) is 2. The average Bonchev–Trinajstić information content (AvgIpc) is 3.07. The van der Waals surface area contributed by atoms with Crippen molar-refractivity contribution < 1.29 is 9.59 Å². The van der Waals surface area contributed by atoms with Crippen LogP contribution >= 0.6 is 11.3 Å². The molecule has 2 N–H and O–H groups in total. The van der Waals surface area contributed by atoms with Gasteiger partial charge in [0.15, 0.2) is 0 Å². The third-order valence-corrected chi connectivity index (χ3v) is 4.92. The predicted octanol–water partition coefficient (Wildman–Crippen LogP) is 4.39. The summed E-state index contributed by atoms with van der Waals surface area (Å²) < 4.78 is 0. The summed E-state index contributed by atoms with van der Waals surface area (Å²) >= 11 is 1.01. The van der Waals surface area contributed by atoms with Crippen molar-refractivity contribution in [2.75, 3.05) is 10.6 Å². The molecule has 1 aromatic heterocycles. The van der Waals surface area contributed by atoms with E-state index < -0.39 is 5.91 Å². The van der Waals surface area contributed by atoms with Crippen molar-refractivity contribution >= 4 is 33.8 Å². The molecule has 2 aromatic carbocycles. The second kappa shape index (κ2) is 8.63. The Morgan fingerprint density at radius 1 is 0.929 bits per heavy atom. The maximum atomic E-state index is 12.9. The van der Waals surface area contributed by atoms with E-state index in [0.29, 0.717) is 21.7 Å². The van der Waals surface area contributed by atoms with Gasteiger partial charge in [-0.15, -0.1) is 11.3 Å². The van der Waals surface area contributed by atoms with Crippen LogP contribution in [0, 0.1) is 22.7 Å². The van der Waals surface area contributed by atoms with E-state index in [1.54, 1.807) is 54.6 Å². The first kappa shape index (κ1) is 18.8. The van der Waals surface area contributed by atoms with Gasteiger partial charge in [-0.25, -0.2) is 0 Å². The summed E-state index contributed by atoms with van der Waals surface area (Å²) in [5.41, 5.74) is 1.96. The molecule has 28 heavy (non-hydrogen) atoms. The van der Waals surface area contributed by atoms with Crippen LogP contribution in [0.4, 0.5) is 10.7 Å². The first-order valence-corrected chi connectivity index (χ1v) is 9.11. The fourth-order valence-corrected chi connectivity index (χ4v) is 3.70. The van der Waals surface area contributed by atoms with Crippen molar-refractivity contribution in [1.29, 1.82) is 10.5 Å². The number of nitriles is 2. The van der Waals surface area contributed by atoms with Gasteiger partial charge in [0.2, 0.25) is 5.91 Å². The van der Waals surface area contributed by atoms with Crippen LogP contribution in [-0.4, -0.2) is 11.8 Å². The van der Waals surface area contributed by atoms with Gasteiger partial charge in [0.25, 0.3) is 5.91 Å². The Labute approximate surface area is 165 Å². The van der Waals surface area contributed by atoms with Gasteiger partial charge in [0.05, 0.1) is 11.6 Å². The van der Waals surface area contributed by atoms with Crippen molar-refractivity contribution in [3.63, 3.8) is 0 Å². The zero-order chi connectivity index (χ0) is 19.9. The number of benzene rings is 2. The second-order valence-corrected chi connectivity index (χ2v) is 6.71. The second-order valence-electron chi connectivity index (χ2n) is 5.69. The quantitative estimate of drug-likeness (QED) is 0.678. The van der Waals surface area contributed by atoms with E-state index in [9.17, 15) is 14.9 Å². The number of rotatable bonds is 5. The number of hydrogen-bond acceptors (Lipinski definition) is 5. The molecule has 0 aliphatic carbocycles. The number of carbonyl (C=O) groups is 2. The summed E-state index contributed by atoms with van der Waals surface area (Å²) in [5.74, 6) is -0.915. The fraction of sp³-hybridized carbons (Fsp3) is 0.0476. The number of anilines is 2. The van der Waals surface area contributed by atoms with Gasteiger partial charge in [-0.05, 0) is 17.7 Å². The van der Waals surface area contributed by atoms with Gasteiger partial charge in [-0.1, -0.05) is 48.5 Å². The van der Waals surface area contributed by atoms with Crippen LogP contribution < -0.4 is 10.6 Å². The lowest BCUT2D eigenvalue weighted by Gasteiger charge is -2.06. The first-order valence-electron chi connectivity index (χ1n) is 8.29. The molecular formula is C21H14N4O2S. The summed E-state index contributed by atoms with van der Waals surface area (Å²) in [4.78, 5) is 25.1. The summed E-state index contributed by atoms with van der Waals surface area (Å²) in [6.07, 6.45) is -0.338. The average molecular weight is 386 g/mol. The van der Waals surface area contributed by atoms with Gasteiger partial charge in [-0.2, -0.15) is 10.5 Å². The summed E-state index contributed by atoms with van der Waals surface area (Å²) in [5, 5.41) is 24.0. The first-order chi connectivity index (χ1) is 13.6. The standard InChI is InChI=1S/C21H14N4O2S/c22-12-11-17(26)25-21-16(13-23)18(14-7-3-1-4-8-14)19(28-21)20(27)24-15-9-5-2-6-10-15/h1-10H,11H2,(H,24,27)(H,25,26). The Balaban J connectivity index is 2.08. The van der Waals surface area contributed by atoms with Gasteiger partial charge in [0, 0.05) is 11.3 Å². The molecule has 136 valence electrons. The molecule has 0 saturated carbocycles. The highest BCUT2D eigenvalue weighted by atomic mass is 32.1. The van der Waals surface area contributed by atoms with Crippen LogP contribution in [0.1, 0.15) is 21.7 Å². The van der Waals surface area contributed by atoms with Crippen LogP contribution in [0.2, 0.25) is 0 Å². The Bertz CT molecular complexity index is 1090. The largest absolute Gasteiger partial charge is 0.321 e. The van der Waals surface area contributed by atoms with Crippen molar-refractivity contribution in [3.8, 4) is 23.3 Å². The monoisotopic (exact) mass is 386 g/mol. The van der Waals surface area contributed by atoms with E-state index >= 15 is 0 Å². The SMILES string of the molecule is N#CCC(=O)Nc1sc(C(=O)Nc2ccccc2)c(-c2ccccc2)c1C#N. The van der Waals surface area contributed by atoms with E-state index in [-0.39, 0.29) is 22.9 Å². The summed E-state index contributed by atoms with van der Waals surface area (Å²) in [6, 6.07) is 21.8. The van der Waals surface area contributed by atoms with Crippen LogP contribution in [0.3, 0.4) is 0 Å². The van der Waals surface area contributed by atoms with E-state index in [1.165, 1.54) is 0 Å². The van der Waals surface area contributed by atoms with Crippen LogP contribution in [-0.2, 0) is 4.79 Å².